The van der Waals surface area contributed by atoms with E-state index < -0.39 is 0 Å². The molecule has 0 aliphatic carbocycles. The van der Waals surface area contributed by atoms with Crippen LogP contribution in [0.4, 0.5) is 0 Å². The predicted molar refractivity (Wildman–Crippen MR) is 114 cm³/mol. The zero-order valence-electron chi connectivity index (χ0n) is 16.8. The van der Waals surface area contributed by atoms with E-state index in [4.69, 9.17) is 0 Å². The highest BCUT2D eigenvalue weighted by molar-refractivity contribution is 4.92. The molecule has 0 aromatic heterocycles. The number of hydrogen-bond acceptors (Lipinski definition) is 0. The van der Waals surface area contributed by atoms with Crippen LogP contribution in [0.3, 0.4) is 0 Å². The lowest BCUT2D eigenvalue weighted by atomic mass is 9.90. The van der Waals surface area contributed by atoms with Crippen LogP contribution < -0.4 is 0 Å². The quantitative estimate of drug-likeness (QED) is 0.298. The fraction of sp³-hybridized carbons (Fsp3) is 0.583. The Kier molecular flexibility index (Phi) is 20.5. The maximum absolute atomic E-state index is 3.89. The van der Waals surface area contributed by atoms with Gasteiger partial charge in [0.05, 0.1) is 0 Å². The topological polar surface area (TPSA) is 0 Å². The molecular weight excluding hydrogens is 288 g/mol. The van der Waals surface area contributed by atoms with Gasteiger partial charge in [0.25, 0.3) is 0 Å². The van der Waals surface area contributed by atoms with E-state index in [1.165, 1.54) is 25.7 Å². The van der Waals surface area contributed by atoms with Crippen molar-refractivity contribution in [3.63, 3.8) is 0 Å². The molecule has 0 radical (unpaired) electrons. The van der Waals surface area contributed by atoms with Crippen LogP contribution in [-0.4, -0.2) is 0 Å². The molecule has 138 valence electrons. The van der Waals surface area contributed by atoms with Gasteiger partial charge in [0, 0.05) is 0 Å². The number of hydrogen-bond donors (Lipinski definition) is 0. The predicted octanol–water partition coefficient (Wildman–Crippen LogP) is 8.30. The zero-order chi connectivity index (χ0) is 18.6. The SMILES string of the molecule is C=CC(C)CC/C=C\CC.C=CC(CC)CC(C=C)C/C=C\CC. The van der Waals surface area contributed by atoms with E-state index in [0.29, 0.717) is 17.8 Å². The maximum atomic E-state index is 3.89. The van der Waals surface area contributed by atoms with Crippen LogP contribution in [0.5, 0.6) is 0 Å². The van der Waals surface area contributed by atoms with Crippen molar-refractivity contribution in [1.29, 1.82) is 0 Å². The zero-order valence-corrected chi connectivity index (χ0v) is 16.8. The summed E-state index contributed by atoms with van der Waals surface area (Å²) in [6.07, 6.45) is 23.3. The van der Waals surface area contributed by atoms with Gasteiger partial charge in [0.15, 0.2) is 0 Å². The van der Waals surface area contributed by atoms with E-state index in [1.54, 1.807) is 0 Å². The summed E-state index contributed by atoms with van der Waals surface area (Å²) >= 11 is 0. The Morgan fingerprint density at radius 3 is 1.79 bits per heavy atom. The van der Waals surface area contributed by atoms with Crippen LogP contribution >= 0.6 is 0 Å². The first kappa shape index (κ1) is 24.9. The van der Waals surface area contributed by atoms with Crippen molar-refractivity contribution < 1.29 is 0 Å². The van der Waals surface area contributed by atoms with Crippen molar-refractivity contribution in [3.8, 4) is 0 Å². The Labute approximate surface area is 153 Å². The fourth-order valence-electron chi connectivity index (χ4n) is 2.31. The van der Waals surface area contributed by atoms with Crippen molar-refractivity contribution in [1.82, 2.24) is 0 Å². The molecule has 0 aliphatic rings. The summed E-state index contributed by atoms with van der Waals surface area (Å²) in [6.45, 7) is 20.2. The molecule has 0 aromatic rings. The van der Waals surface area contributed by atoms with Crippen LogP contribution in [0.15, 0.2) is 62.3 Å². The second-order valence-corrected chi connectivity index (χ2v) is 6.42. The third-order valence-electron chi connectivity index (χ3n) is 4.23. The van der Waals surface area contributed by atoms with Crippen LogP contribution in [0.1, 0.15) is 72.6 Å². The van der Waals surface area contributed by atoms with Crippen molar-refractivity contribution in [2.75, 3.05) is 0 Å². The minimum Gasteiger partial charge on any atom is -0.103 e. The fourth-order valence-corrected chi connectivity index (χ4v) is 2.31. The van der Waals surface area contributed by atoms with E-state index in [2.05, 4.69) is 83.9 Å². The third-order valence-corrected chi connectivity index (χ3v) is 4.23. The first-order valence-electron chi connectivity index (χ1n) is 9.76. The normalized spacial score (nSPS) is 14.7. The highest BCUT2D eigenvalue weighted by atomic mass is 14.1. The molecule has 3 atom stereocenters. The molecule has 0 bridgehead atoms. The molecule has 0 aliphatic heterocycles. The van der Waals surface area contributed by atoms with Gasteiger partial charge in [-0.15, -0.1) is 19.7 Å². The monoisotopic (exact) mass is 330 g/mol. The van der Waals surface area contributed by atoms with E-state index in [1.807, 2.05) is 6.08 Å². The van der Waals surface area contributed by atoms with Gasteiger partial charge in [-0.1, -0.05) is 70.2 Å². The summed E-state index contributed by atoms with van der Waals surface area (Å²) in [4.78, 5) is 0. The summed E-state index contributed by atoms with van der Waals surface area (Å²) < 4.78 is 0. The van der Waals surface area contributed by atoms with Gasteiger partial charge in [0.1, 0.15) is 0 Å². The smallest absolute Gasteiger partial charge is 0.0196 e. The molecule has 0 nitrogen and oxygen atoms in total. The second kappa shape index (κ2) is 19.7. The first-order valence-corrected chi connectivity index (χ1v) is 9.76. The Hall–Kier alpha value is -1.30. The van der Waals surface area contributed by atoms with Crippen molar-refractivity contribution in [2.24, 2.45) is 17.8 Å². The third kappa shape index (κ3) is 17.1. The molecule has 0 heteroatoms. The minimum absolute atomic E-state index is 0.612. The van der Waals surface area contributed by atoms with Crippen LogP contribution in [0.25, 0.3) is 0 Å². The molecular formula is C24H42. The molecule has 0 rings (SSSR count). The van der Waals surface area contributed by atoms with Crippen LogP contribution in [0, 0.1) is 17.8 Å². The largest absolute Gasteiger partial charge is 0.103 e. The number of rotatable bonds is 13. The highest BCUT2D eigenvalue weighted by Gasteiger charge is 2.08. The van der Waals surface area contributed by atoms with Gasteiger partial charge in [0.2, 0.25) is 0 Å². The van der Waals surface area contributed by atoms with E-state index >= 15 is 0 Å². The van der Waals surface area contributed by atoms with Crippen molar-refractivity contribution in [3.05, 3.63) is 62.3 Å². The summed E-state index contributed by atoms with van der Waals surface area (Å²) in [5.74, 6) is 1.93. The summed E-state index contributed by atoms with van der Waals surface area (Å²) in [5.41, 5.74) is 0. The molecule has 0 saturated heterocycles. The Morgan fingerprint density at radius 2 is 1.33 bits per heavy atom. The minimum atomic E-state index is 0.612. The lowest BCUT2D eigenvalue weighted by Crippen LogP contribution is -2.03. The summed E-state index contributed by atoms with van der Waals surface area (Å²) in [5, 5.41) is 0. The first-order chi connectivity index (χ1) is 11.6. The second-order valence-electron chi connectivity index (χ2n) is 6.42. The van der Waals surface area contributed by atoms with Gasteiger partial charge in [-0.3, -0.25) is 0 Å². The van der Waals surface area contributed by atoms with Gasteiger partial charge in [-0.25, -0.2) is 0 Å². The van der Waals surface area contributed by atoms with Crippen LogP contribution in [0.2, 0.25) is 0 Å². The molecule has 0 saturated carbocycles. The van der Waals surface area contributed by atoms with Gasteiger partial charge >= 0.3 is 0 Å². The molecule has 0 fully saturated rings. The molecule has 24 heavy (non-hydrogen) atoms. The maximum Gasteiger partial charge on any atom is -0.0196 e. The highest BCUT2D eigenvalue weighted by Crippen LogP contribution is 2.20. The van der Waals surface area contributed by atoms with E-state index in [-0.39, 0.29) is 0 Å². The molecule has 0 aromatic carbocycles. The molecule has 0 heterocycles. The van der Waals surface area contributed by atoms with Crippen molar-refractivity contribution in [2.45, 2.75) is 72.6 Å². The van der Waals surface area contributed by atoms with E-state index in [0.717, 1.165) is 19.3 Å². The summed E-state index contributed by atoms with van der Waals surface area (Å²) in [6, 6.07) is 0. The lowest BCUT2D eigenvalue weighted by molar-refractivity contribution is 0.475. The van der Waals surface area contributed by atoms with E-state index in [9.17, 15) is 0 Å². The van der Waals surface area contributed by atoms with Crippen LogP contribution in [-0.2, 0) is 0 Å². The molecule has 0 N–H and O–H groups in total. The van der Waals surface area contributed by atoms with Crippen molar-refractivity contribution >= 4 is 0 Å². The standard InChI is InChI=1S/C14H24.C10H18/c1-5-9-10-11-14(8-4)12-13(6-2)7-3;1-4-6-7-8-9-10(3)5-2/h6,8-10,13-14H,2,4-5,7,11-12H2,1,3H3;5-7,10H,2,4,8-9H2,1,3H3/b10-9-;7-6-. The van der Waals surface area contributed by atoms with Gasteiger partial charge in [-0.05, 0) is 62.7 Å². The van der Waals surface area contributed by atoms with Gasteiger partial charge in [-0.2, -0.15) is 0 Å². The molecule has 0 amide bonds. The number of allylic oxidation sites excluding steroid dienone is 7. The average Bonchev–Trinajstić information content (AvgIpc) is 2.62. The Balaban J connectivity index is 0. The lowest BCUT2D eigenvalue weighted by Gasteiger charge is -2.15. The Bertz CT molecular complexity index is 345. The Morgan fingerprint density at radius 1 is 0.750 bits per heavy atom. The molecule has 3 unspecified atom stereocenters. The average molecular weight is 331 g/mol. The van der Waals surface area contributed by atoms with Gasteiger partial charge < -0.3 is 0 Å². The molecule has 0 spiro atoms. The summed E-state index contributed by atoms with van der Waals surface area (Å²) in [7, 11) is 0.